The van der Waals surface area contributed by atoms with E-state index in [1.165, 1.54) is 0 Å². The lowest BCUT2D eigenvalue weighted by molar-refractivity contribution is -0.0267. The molecule has 2 aliphatic heterocycles. The SMILES string of the molecule is CC(C(=O)c1ccc(OC(=O)c2ccc(CN3CCOCC3)cc2)cc1)N1CCC(O)(Cc2ccccc2)CC1. The normalized spacial score (nSPS) is 18.6. The van der Waals surface area contributed by atoms with Crippen molar-refractivity contribution in [3.63, 3.8) is 0 Å². The number of esters is 1. The van der Waals surface area contributed by atoms with Crippen LogP contribution in [0.5, 0.6) is 5.75 Å². The van der Waals surface area contributed by atoms with Crippen molar-refractivity contribution >= 4 is 11.8 Å². The summed E-state index contributed by atoms with van der Waals surface area (Å²) in [6, 6.07) is 24.0. The lowest BCUT2D eigenvalue weighted by atomic mass is 9.84. The predicted molar refractivity (Wildman–Crippen MR) is 154 cm³/mol. The van der Waals surface area contributed by atoms with Crippen LogP contribution in [0.1, 0.15) is 51.6 Å². The van der Waals surface area contributed by atoms with Gasteiger partial charge in [-0.2, -0.15) is 0 Å². The van der Waals surface area contributed by atoms with E-state index in [9.17, 15) is 14.7 Å². The molecule has 2 heterocycles. The first-order valence-corrected chi connectivity index (χ1v) is 14.1. The van der Waals surface area contributed by atoms with E-state index in [1.807, 2.05) is 49.4 Å². The van der Waals surface area contributed by atoms with Gasteiger partial charge in [0.1, 0.15) is 5.75 Å². The Bertz CT molecular complexity index is 1260. The summed E-state index contributed by atoms with van der Waals surface area (Å²) in [7, 11) is 0. The molecule has 1 atom stereocenters. The van der Waals surface area contributed by atoms with Crippen molar-refractivity contribution in [3.8, 4) is 5.75 Å². The maximum atomic E-state index is 13.2. The van der Waals surface area contributed by atoms with Gasteiger partial charge in [0, 0.05) is 44.7 Å². The zero-order valence-electron chi connectivity index (χ0n) is 23.1. The van der Waals surface area contributed by atoms with Crippen LogP contribution in [-0.4, -0.2) is 77.7 Å². The van der Waals surface area contributed by atoms with E-state index in [2.05, 4.69) is 9.80 Å². The van der Waals surface area contributed by atoms with E-state index >= 15 is 0 Å². The van der Waals surface area contributed by atoms with Crippen LogP contribution in [-0.2, 0) is 17.7 Å². The van der Waals surface area contributed by atoms with Gasteiger partial charge in [-0.25, -0.2) is 4.79 Å². The molecule has 0 aliphatic carbocycles. The highest BCUT2D eigenvalue weighted by Gasteiger charge is 2.35. The molecule has 40 heavy (non-hydrogen) atoms. The summed E-state index contributed by atoms with van der Waals surface area (Å²) in [5.74, 6) is -0.0144. The van der Waals surface area contributed by atoms with Crippen LogP contribution in [0.4, 0.5) is 0 Å². The molecule has 0 spiro atoms. The Morgan fingerprint density at radius 1 is 0.850 bits per heavy atom. The van der Waals surface area contributed by atoms with Crippen LogP contribution in [0.3, 0.4) is 0 Å². The van der Waals surface area contributed by atoms with E-state index < -0.39 is 11.6 Å². The molecule has 0 bridgehead atoms. The number of hydrogen-bond acceptors (Lipinski definition) is 7. The van der Waals surface area contributed by atoms with Crippen molar-refractivity contribution in [2.75, 3.05) is 39.4 Å². The summed E-state index contributed by atoms with van der Waals surface area (Å²) >= 11 is 0. The monoisotopic (exact) mass is 542 g/mol. The number of morpholine rings is 1. The third kappa shape index (κ3) is 7.23. The number of carbonyl (C=O) groups excluding carboxylic acids is 2. The lowest BCUT2D eigenvalue weighted by Crippen LogP contribution is -2.50. The number of aliphatic hydroxyl groups is 1. The van der Waals surface area contributed by atoms with Gasteiger partial charge in [0.2, 0.25) is 0 Å². The maximum absolute atomic E-state index is 13.2. The minimum absolute atomic E-state index is 0.0160. The minimum Gasteiger partial charge on any atom is -0.423 e. The Balaban J connectivity index is 1.11. The number of Topliss-reactive ketones (excluding diaryl/α,β-unsaturated/α-hetero) is 1. The Hall–Kier alpha value is -3.36. The number of hydrogen-bond donors (Lipinski definition) is 1. The van der Waals surface area contributed by atoms with Gasteiger partial charge in [0.05, 0.1) is 30.4 Å². The summed E-state index contributed by atoms with van der Waals surface area (Å²) in [6.45, 7) is 7.42. The van der Waals surface area contributed by atoms with E-state index in [-0.39, 0.29) is 11.8 Å². The fraction of sp³-hybridized carbons (Fsp3) is 0.394. The van der Waals surface area contributed by atoms with Crippen molar-refractivity contribution in [3.05, 3.63) is 101 Å². The summed E-state index contributed by atoms with van der Waals surface area (Å²) in [6.07, 6.45) is 1.88. The Morgan fingerprint density at radius 2 is 1.48 bits per heavy atom. The molecular weight excluding hydrogens is 504 g/mol. The molecule has 210 valence electrons. The van der Waals surface area contributed by atoms with Crippen molar-refractivity contribution in [2.45, 2.75) is 44.4 Å². The highest BCUT2D eigenvalue weighted by molar-refractivity contribution is 6.00. The largest absolute Gasteiger partial charge is 0.423 e. The second kappa shape index (κ2) is 12.9. The van der Waals surface area contributed by atoms with Crippen LogP contribution < -0.4 is 4.74 Å². The summed E-state index contributed by atoms with van der Waals surface area (Å²) in [5, 5.41) is 11.1. The number of rotatable bonds is 9. The van der Waals surface area contributed by atoms with Crippen LogP contribution in [0.15, 0.2) is 78.9 Å². The van der Waals surface area contributed by atoms with Crippen LogP contribution in [0, 0.1) is 0 Å². The number of ether oxygens (including phenoxy) is 2. The van der Waals surface area contributed by atoms with Gasteiger partial charge in [0.15, 0.2) is 5.78 Å². The Labute approximate surface area is 236 Å². The molecule has 3 aromatic carbocycles. The second-order valence-electron chi connectivity index (χ2n) is 11.0. The van der Waals surface area contributed by atoms with Crippen molar-refractivity contribution in [1.82, 2.24) is 9.80 Å². The van der Waals surface area contributed by atoms with Crippen molar-refractivity contribution in [1.29, 1.82) is 0 Å². The van der Waals surface area contributed by atoms with E-state index in [0.717, 1.165) is 44.0 Å². The molecule has 0 radical (unpaired) electrons. The summed E-state index contributed by atoms with van der Waals surface area (Å²) in [4.78, 5) is 30.3. The van der Waals surface area contributed by atoms with Gasteiger partial charge in [-0.05, 0) is 67.3 Å². The molecule has 5 rings (SSSR count). The quantitative estimate of drug-likeness (QED) is 0.244. The zero-order valence-corrected chi connectivity index (χ0v) is 23.1. The smallest absolute Gasteiger partial charge is 0.343 e. The van der Waals surface area contributed by atoms with Gasteiger partial charge in [-0.3, -0.25) is 14.6 Å². The van der Waals surface area contributed by atoms with Crippen LogP contribution in [0.2, 0.25) is 0 Å². The number of piperidine rings is 1. The molecule has 2 saturated heterocycles. The predicted octanol–water partition coefficient (Wildman–Crippen LogP) is 4.38. The van der Waals surface area contributed by atoms with E-state index in [4.69, 9.17) is 9.47 Å². The van der Waals surface area contributed by atoms with Crippen LogP contribution >= 0.6 is 0 Å². The minimum atomic E-state index is -0.741. The Morgan fingerprint density at radius 3 is 2.12 bits per heavy atom. The molecule has 7 nitrogen and oxygen atoms in total. The topological polar surface area (TPSA) is 79.3 Å². The standard InChI is InChI=1S/C33H38N2O5/c1-25(35-17-15-33(38,16-18-35)23-26-5-3-2-4-6-26)31(36)28-11-13-30(14-12-28)40-32(37)29-9-7-27(8-10-29)24-34-19-21-39-22-20-34/h2-14,25,38H,15-24H2,1H3. The Kier molecular flexibility index (Phi) is 9.07. The third-order valence-corrected chi connectivity index (χ3v) is 8.08. The van der Waals surface area contributed by atoms with Gasteiger partial charge < -0.3 is 14.6 Å². The lowest BCUT2D eigenvalue weighted by Gasteiger charge is -2.40. The molecule has 1 unspecified atom stereocenters. The van der Waals surface area contributed by atoms with Crippen molar-refractivity contribution < 1.29 is 24.2 Å². The molecule has 2 aliphatic rings. The van der Waals surface area contributed by atoms with E-state index in [0.29, 0.717) is 49.2 Å². The van der Waals surface area contributed by atoms with Gasteiger partial charge in [-0.1, -0.05) is 42.5 Å². The highest BCUT2D eigenvalue weighted by Crippen LogP contribution is 2.28. The average Bonchev–Trinajstić information content (AvgIpc) is 2.98. The zero-order chi connectivity index (χ0) is 28.0. The van der Waals surface area contributed by atoms with E-state index in [1.54, 1.807) is 36.4 Å². The first-order valence-electron chi connectivity index (χ1n) is 14.1. The molecule has 0 aromatic heterocycles. The van der Waals surface area contributed by atoms with Gasteiger partial charge in [0.25, 0.3) is 0 Å². The highest BCUT2D eigenvalue weighted by atomic mass is 16.5. The fourth-order valence-electron chi connectivity index (χ4n) is 5.50. The first-order chi connectivity index (χ1) is 19.4. The number of likely N-dealkylation sites (tertiary alicyclic amines) is 1. The molecule has 7 heteroatoms. The molecule has 2 fully saturated rings. The summed E-state index contributed by atoms with van der Waals surface area (Å²) in [5.41, 5.74) is 2.59. The number of benzene rings is 3. The van der Waals surface area contributed by atoms with Gasteiger partial charge >= 0.3 is 5.97 Å². The molecule has 0 saturated carbocycles. The van der Waals surface area contributed by atoms with Crippen LogP contribution in [0.25, 0.3) is 0 Å². The third-order valence-electron chi connectivity index (χ3n) is 8.08. The number of carbonyl (C=O) groups is 2. The maximum Gasteiger partial charge on any atom is 0.343 e. The number of nitrogens with zero attached hydrogens (tertiary/aromatic N) is 2. The first kappa shape index (κ1) is 28.2. The van der Waals surface area contributed by atoms with Crippen molar-refractivity contribution in [2.24, 2.45) is 0 Å². The van der Waals surface area contributed by atoms with Gasteiger partial charge in [-0.15, -0.1) is 0 Å². The molecule has 1 N–H and O–H groups in total. The number of ketones is 1. The summed E-state index contributed by atoms with van der Waals surface area (Å²) < 4.78 is 11.0. The molecular formula is C33H38N2O5. The second-order valence-corrected chi connectivity index (χ2v) is 11.0. The molecule has 3 aromatic rings. The fourth-order valence-corrected chi connectivity index (χ4v) is 5.50. The average molecular weight is 543 g/mol. The molecule has 0 amide bonds.